The molecular formula is C24H24F3N5O4. The Balaban J connectivity index is 0.000000454. The number of nitrogens with zero attached hydrogens (tertiary/aromatic N) is 4. The van der Waals surface area contributed by atoms with Gasteiger partial charge in [-0.25, -0.2) is 9.78 Å². The first kappa shape index (κ1) is 26.4. The van der Waals surface area contributed by atoms with Gasteiger partial charge in [-0.3, -0.25) is 14.6 Å². The van der Waals surface area contributed by atoms with E-state index in [-0.39, 0.29) is 17.9 Å². The van der Waals surface area contributed by atoms with Crippen LogP contribution in [0.3, 0.4) is 0 Å². The van der Waals surface area contributed by atoms with Crippen LogP contribution in [0.2, 0.25) is 0 Å². The number of aliphatic carboxylic acids is 1. The normalized spacial score (nSPS) is 14.8. The zero-order valence-electron chi connectivity index (χ0n) is 19.5. The fraction of sp³-hybridized carbons (Fsp3) is 0.292. The lowest BCUT2D eigenvalue weighted by molar-refractivity contribution is -0.192. The fourth-order valence-corrected chi connectivity index (χ4v) is 3.59. The first-order valence-electron chi connectivity index (χ1n) is 10.9. The van der Waals surface area contributed by atoms with E-state index in [0.717, 1.165) is 17.1 Å². The van der Waals surface area contributed by atoms with Crippen molar-refractivity contribution in [3.63, 3.8) is 0 Å². The van der Waals surface area contributed by atoms with Gasteiger partial charge in [-0.15, -0.1) is 0 Å². The number of nitrogens with one attached hydrogen (secondary N) is 1. The van der Waals surface area contributed by atoms with E-state index < -0.39 is 12.1 Å². The number of alkyl halides is 3. The van der Waals surface area contributed by atoms with Crippen LogP contribution >= 0.6 is 0 Å². The summed E-state index contributed by atoms with van der Waals surface area (Å²) in [7, 11) is 0. The lowest BCUT2D eigenvalue weighted by atomic mass is 10.1. The molecule has 2 N–H and O–H groups in total. The van der Waals surface area contributed by atoms with Gasteiger partial charge in [-0.2, -0.15) is 13.2 Å². The van der Waals surface area contributed by atoms with Gasteiger partial charge >= 0.3 is 12.1 Å². The highest BCUT2D eigenvalue weighted by atomic mass is 19.4. The van der Waals surface area contributed by atoms with Crippen molar-refractivity contribution < 1.29 is 32.7 Å². The molecule has 0 bridgehead atoms. The van der Waals surface area contributed by atoms with E-state index in [4.69, 9.17) is 9.90 Å². The number of rotatable bonds is 4. The highest BCUT2D eigenvalue weighted by Gasteiger charge is 2.38. The summed E-state index contributed by atoms with van der Waals surface area (Å²) in [4.78, 5) is 44.9. The van der Waals surface area contributed by atoms with Gasteiger partial charge in [0.15, 0.2) is 0 Å². The third-order valence-electron chi connectivity index (χ3n) is 5.39. The Bertz CT molecular complexity index is 1240. The van der Waals surface area contributed by atoms with Gasteiger partial charge < -0.3 is 19.9 Å². The van der Waals surface area contributed by atoms with Gasteiger partial charge in [-0.05, 0) is 38.1 Å². The molecule has 4 rings (SSSR count). The number of benzene rings is 1. The number of carboxylic acids is 1. The molecule has 1 aliphatic heterocycles. The molecule has 36 heavy (non-hydrogen) atoms. The number of halogens is 3. The Morgan fingerprint density at radius 2 is 1.86 bits per heavy atom. The number of aromatic nitrogens is 3. The minimum absolute atomic E-state index is 0.0170. The molecule has 2 amide bonds. The molecule has 2 aromatic heterocycles. The number of amides is 2. The summed E-state index contributed by atoms with van der Waals surface area (Å²) in [5.74, 6) is -2.30. The van der Waals surface area contributed by atoms with Gasteiger partial charge in [0.1, 0.15) is 11.5 Å². The maximum atomic E-state index is 13.0. The third kappa shape index (κ3) is 6.46. The smallest absolute Gasteiger partial charge is 0.475 e. The first-order chi connectivity index (χ1) is 17.0. The number of carbonyl (C=O) groups is 3. The second kappa shape index (κ2) is 11.0. The number of carboxylic acid groups (broad SMARTS) is 1. The van der Waals surface area contributed by atoms with E-state index in [1.165, 1.54) is 0 Å². The van der Waals surface area contributed by atoms with Crippen molar-refractivity contribution in [1.82, 2.24) is 24.8 Å². The molecule has 1 aromatic carbocycles. The van der Waals surface area contributed by atoms with E-state index >= 15 is 0 Å². The number of imidazole rings is 1. The van der Waals surface area contributed by atoms with Crippen molar-refractivity contribution in [3.8, 4) is 0 Å². The molecule has 1 aliphatic rings. The molecular weight excluding hydrogens is 479 g/mol. The molecule has 3 heterocycles. The van der Waals surface area contributed by atoms with Crippen molar-refractivity contribution in [2.45, 2.75) is 39.2 Å². The summed E-state index contributed by atoms with van der Waals surface area (Å²) in [6.07, 6.45) is -1.63. The maximum absolute atomic E-state index is 13.0. The molecule has 0 saturated carbocycles. The van der Waals surface area contributed by atoms with Gasteiger partial charge in [0.2, 0.25) is 0 Å². The minimum Gasteiger partial charge on any atom is -0.475 e. The molecule has 3 aromatic rings. The molecule has 0 radical (unpaired) electrons. The van der Waals surface area contributed by atoms with Gasteiger partial charge in [0.25, 0.3) is 11.8 Å². The predicted octanol–water partition coefficient (Wildman–Crippen LogP) is 3.37. The van der Waals surface area contributed by atoms with Crippen LogP contribution in [0, 0.1) is 6.92 Å². The minimum atomic E-state index is -5.08. The topological polar surface area (TPSA) is 117 Å². The molecule has 0 spiro atoms. The summed E-state index contributed by atoms with van der Waals surface area (Å²) in [5.41, 5.74) is 2.86. The Kier molecular flexibility index (Phi) is 8.07. The standard InChI is InChI=1S/C22H23N5O2.C2HF3O2/c1-15-6-5-7-17(12-15)22(29)27-11-10-26-14-19(25-20(26)16(27)2)21(28)24-13-18-8-3-4-9-23-18;3-2(4,5)1(6)7/h3-9,12,14,16H,10-11,13H2,1-2H3,(H,24,28);(H,6,7). The number of hydrogen-bond donors (Lipinski definition) is 2. The van der Waals surface area contributed by atoms with Crippen molar-refractivity contribution in [2.24, 2.45) is 0 Å². The zero-order chi connectivity index (χ0) is 26.5. The van der Waals surface area contributed by atoms with Crippen LogP contribution in [-0.4, -0.2) is 55.0 Å². The summed E-state index contributed by atoms with van der Waals surface area (Å²) in [6, 6.07) is 12.9. The van der Waals surface area contributed by atoms with Crippen molar-refractivity contribution in [3.05, 3.63) is 83.2 Å². The maximum Gasteiger partial charge on any atom is 0.490 e. The largest absolute Gasteiger partial charge is 0.490 e. The Hall–Kier alpha value is -4.22. The SMILES string of the molecule is Cc1cccc(C(=O)N2CCn3cc(C(=O)NCc4ccccn4)nc3C2C)c1.O=C(O)C(F)(F)F. The van der Waals surface area contributed by atoms with Crippen LogP contribution in [0.25, 0.3) is 0 Å². The second-order valence-electron chi connectivity index (χ2n) is 8.03. The molecule has 12 heteroatoms. The summed E-state index contributed by atoms with van der Waals surface area (Å²) < 4.78 is 33.7. The molecule has 0 saturated heterocycles. The van der Waals surface area contributed by atoms with Gasteiger partial charge in [0, 0.05) is 31.0 Å². The lowest BCUT2D eigenvalue weighted by Crippen LogP contribution is -2.41. The molecule has 1 unspecified atom stereocenters. The number of fused-ring (bicyclic) bond motifs is 1. The quantitative estimate of drug-likeness (QED) is 0.564. The first-order valence-corrected chi connectivity index (χ1v) is 10.9. The Labute approximate surface area is 204 Å². The van der Waals surface area contributed by atoms with Crippen LogP contribution in [-0.2, 0) is 17.9 Å². The van der Waals surface area contributed by atoms with E-state index in [1.54, 1.807) is 12.4 Å². The Morgan fingerprint density at radius 3 is 2.47 bits per heavy atom. The molecule has 9 nitrogen and oxygen atoms in total. The molecule has 0 fully saturated rings. The summed E-state index contributed by atoms with van der Waals surface area (Å²) in [5, 5.41) is 9.97. The molecule has 1 atom stereocenters. The lowest BCUT2D eigenvalue weighted by Gasteiger charge is -2.33. The van der Waals surface area contributed by atoms with E-state index in [9.17, 15) is 22.8 Å². The summed E-state index contributed by atoms with van der Waals surface area (Å²) >= 11 is 0. The van der Waals surface area contributed by atoms with Crippen LogP contribution in [0.4, 0.5) is 13.2 Å². The average Bonchev–Trinajstić information content (AvgIpc) is 3.28. The monoisotopic (exact) mass is 503 g/mol. The van der Waals surface area contributed by atoms with Crippen LogP contribution < -0.4 is 5.32 Å². The van der Waals surface area contributed by atoms with Crippen molar-refractivity contribution in [2.75, 3.05) is 6.54 Å². The van der Waals surface area contributed by atoms with Crippen LogP contribution in [0.5, 0.6) is 0 Å². The van der Waals surface area contributed by atoms with Gasteiger partial charge in [-0.1, -0.05) is 23.8 Å². The predicted molar refractivity (Wildman–Crippen MR) is 122 cm³/mol. The highest BCUT2D eigenvalue weighted by Crippen LogP contribution is 2.26. The van der Waals surface area contributed by atoms with E-state index in [0.29, 0.717) is 30.9 Å². The zero-order valence-corrected chi connectivity index (χ0v) is 19.5. The van der Waals surface area contributed by atoms with Gasteiger partial charge in [0.05, 0.1) is 18.3 Å². The highest BCUT2D eigenvalue weighted by molar-refractivity contribution is 5.95. The number of aryl methyl sites for hydroxylation is 1. The number of pyridine rings is 1. The number of carbonyl (C=O) groups excluding carboxylic acids is 2. The fourth-order valence-electron chi connectivity index (χ4n) is 3.59. The summed E-state index contributed by atoms with van der Waals surface area (Å²) in [6.45, 7) is 5.44. The van der Waals surface area contributed by atoms with Crippen LogP contribution in [0.1, 0.15) is 50.9 Å². The third-order valence-corrected chi connectivity index (χ3v) is 5.39. The van der Waals surface area contributed by atoms with Crippen LogP contribution in [0.15, 0.2) is 54.9 Å². The second-order valence-corrected chi connectivity index (χ2v) is 8.03. The van der Waals surface area contributed by atoms with Crippen molar-refractivity contribution in [1.29, 1.82) is 0 Å². The van der Waals surface area contributed by atoms with E-state index in [1.807, 2.05) is 65.8 Å². The number of hydrogen-bond acceptors (Lipinski definition) is 5. The molecule has 0 aliphatic carbocycles. The average molecular weight is 503 g/mol. The molecule has 190 valence electrons. The van der Waals surface area contributed by atoms with Crippen molar-refractivity contribution >= 4 is 17.8 Å². The van der Waals surface area contributed by atoms with E-state index in [2.05, 4.69) is 15.3 Å². The Morgan fingerprint density at radius 1 is 1.14 bits per heavy atom.